The Kier molecular flexibility index (Phi) is 7.00. The molecular formula is C13H20BrNOS. The first-order valence-electron chi connectivity index (χ1n) is 6.00. The summed E-state index contributed by atoms with van der Waals surface area (Å²) in [5.74, 6) is 0.742. The van der Waals surface area contributed by atoms with Gasteiger partial charge < -0.3 is 5.32 Å². The fraction of sp³-hybridized carbons (Fsp3) is 0.538. The van der Waals surface area contributed by atoms with Gasteiger partial charge in [-0.2, -0.15) is 0 Å². The molecule has 0 bridgehead atoms. The number of hydrogen-bond acceptors (Lipinski definition) is 2. The molecule has 1 rings (SSSR count). The van der Waals surface area contributed by atoms with Crippen LogP contribution < -0.4 is 5.32 Å². The highest BCUT2D eigenvalue weighted by Gasteiger charge is 2.05. The first-order chi connectivity index (χ1) is 8.13. The second-order valence-corrected chi connectivity index (χ2v) is 6.59. The van der Waals surface area contributed by atoms with E-state index in [4.69, 9.17) is 0 Å². The normalized spacial score (nSPS) is 14.5. The second-order valence-electron chi connectivity index (χ2n) is 4.11. The minimum absolute atomic E-state index is 0.513. The largest absolute Gasteiger partial charge is 0.315 e. The van der Waals surface area contributed by atoms with E-state index in [1.807, 2.05) is 24.3 Å². The van der Waals surface area contributed by atoms with Gasteiger partial charge in [-0.1, -0.05) is 28.9 Å². The Morgan fingerprint density at radius 3 is 2.88 bits per heavy atom. The molecule has 0 aliphatic heterocycles. The van der Waals surface area contributed by atoms with E-state index in [-0.39, 0.29) is 0 Å². The Morgan fingerprint density at radius 2 is 2.24 bits per heavy atom. The monoisotopic (exact) mass is 317 g/mol. The Hall–Kier alpha value is -0.190. The van der Waals surface area contributed by atoms with Gasteiger partial charge in [0.2, 0.25) is 0 Å². The molecule has 0 aliphatic rings. The zero-order chi connectivity index (χ0) is 12.7. The van der Waals surface area contributed by atoms with E-state index in [9.17, 15) is 4.21 Å². The lowest BCUT2D eigenvalue weighted by atomic mass is 10.2. The molecule has 0 amide bonds. The highest BCUT2D eigenvalue weighted by Crippen LogP contribution is 2.15. The van der Waals surface area contributed by atoms with Crippen molar-refractivity contribution in [3.05, 3.63) is 28.7 Å². The molecule has 2 atom stereocenters. The van der Waals surface area contributed by atoms with Gasteiger partial charge in [0.25, 0.3) is 0 Å². The molecule has 1 aromatic carbocycles. The van der Waals surface area contributed by atoms with Gasteiger partial charge in [0.1, 0.15) is 0 Å². The summed E-state index contributed by atoms with van der Waals surface area (Å²) < 4.78 is 13.0. The van der Waals surface area contributed by atoms with Crippen molar-refractivity contribution in [2.45, 2.75) is 37.6 Å². The van der Waals surface area contributed by atoms with Crippen molar-refractivity contribution in [3.8, 4) is 0 Å². The molecule has 2 unspecified atom stereocenters. The lowest BCUT2D eigenvalue weighted by molar-refractivity contribution is 0.525. The first kappa shape index (κ1) is 14.9. The van der Waals surface area contributed by atoms with Crippen LogP contribution in [0.2, 0.25) is 0 Å². The summed E-state index contributed by atoms with van der Waals surface area (Å²) in [6.45, 7) is 5.28. The van der Waals surface area contributed by atoms with Crippen LogP contribution in [0.1, 0.15) is 26.7 Å². The van der Waals surface area contributed by atoms with Gasteiger partial charge in [0.15, 0.2) is 0 Å². The molecule has 1 aromatic rings. The van der Waals surface area contributed by atoms with Crippen molar-refractivity contribution in [3.63, 3.8) is 0 Å². The van der Waals surface area contributed by atoms with Crippen molar-refractivity contribution in [1.82, 2.24) is 5.32 Å². The predicted octanol–water partition coefficient (Wildman–Crippen LogP) is 3.33. The minimum atomic E-state index is -0.872. The maximum atomic E-state index is 12.0. The Bertz CT molecular complexity index is 370. The summed E-state index contributed by atoms with van der Waals surface area (Å²) >= 11 is 3.40. The SMILES string of the molecule is CCNC(C)CCCS(=O)c1cccc(Br)c1. The lowest BCUT2D eigenvalue weighted by Crippen LogP contribution is -2.25. The topological polar surface area (TPSA) is 29.1 Å². The van der Waals surface area contributed by atoms with Gasteiger partial charge >= 0.3 is 0 Å². The molecule has 17 heavy (non-hydrogen) atoms. The highest BCUT2D eigenvalue weighted by molar-refractivity contribution is 9.10. The van der Waals surface area contributed by atoms with E-state index in [1.165, 1.54) is 0 Å². The van der Waals surface area contributed by atoms with Crippen LogP contribution in [0.15, 0.2) is 33.6 Å². The van der Waals surface area contributed by atoms with Crippen LogP contribution in [0, 0.1) is 0 Å². The van der Waals surface area contributed by atoms with Gasteiger partial charge in [-0.05, 0) is 44.5 Å². The van der Waals surface area contributed by atoms with Gasteiger partial charge in [0, 0.05) is 21.2 Å². The lowest BCUT2D eigenvalue weighted by Gasteiger charge is -2.11. The zero-order valence-electron chi connectivity index (χ0n) is 10.4. The van der Waals surface area contributed by atoms with Crippen molar-refractivity contribution in [2.75, 3.05) is 12.3 Å². The number of nitrogens with one attached hydrogen (secondary N) is 1. The van der Waals surface area contributed by atoms with Gasteiger partial charge in [-0.3, -0.25) is 4.21 Å². The molecule has 0 saturated heterocycles. The van der Waals surface area contributed by atoms with Crippen molar-refractivity contribution in [2.24, 2.45) is 0 Å². The molecule has 0 heterocycles. The van der Waals surface area contributed by atoms with Crippen molar-refractivity contribution in [1.29, 1.82) is 0 Å². The van der Waals surface area contributed by atoms with E-state index < -0.39 is 10.8 Å². The molecule has 96 valence electrons. The first-order valence-corrected chi connectivity index (χ1v) is 8.12. The van der Waals surface area contributed by atoms with E-state index in [2.05, 4.69) is 35.1 Å². The molecule has 0 spiro atoms. The molecule has 0 radical (unpaired) electrons. The van der Waals surface area contributed by atoms with Crippen molar-refractivity contribution >= 4 is 26.7 Å². The molecule has 0 aromatic heterocycles. The Balaban J connectivity index is 2.35. The van der Waals surface area contributed by atoms with E-state index in [1.54, 1.807) is 0 Å². The van der Waals surface area contributed by atoms with Crippen molar-refractivity contribution < 1.29 is 4.21 Å². The quantitative estimate of drug-likeness (QED) is 0.835. The van der Waals surface area contributed by atoms with Crippen LogP contribution >= 0.6 is 15.9 Å². The van der Waals surface area contributed by atoms with Crippen LogP contribution in [0.25, 0.3) is 0 Å². The van der Waals surface area contributed by atoms with E-state index in [0.717, 1.165) is 34.5 Å². The number of hydrogen-bond donors (Lipinski definition) is 1. The summed E-state index contributed by atoms with van der Waals surface area (Å²) in [7, 11) is -0.872. The summed E-state index contributed by atoms with van der Waals surface area (Å²) in [5, 5.41) is 3.36. The molecule has 1 N–H and O–H groups in total. The maximum absolute atomic E-state index is 12.0. The highest BCUT2D eigenvalue weighted by atomic mass is 79.9. The van der Waals surface area contributed by atoms with E-state index in [0.29, 0.717) is 6.04 Å². The predicted molar refractivity (Wildman–Crippen MR) is 77.8 cm³/mol. The maximum Gasteiger partial charge on any atom is 0.0529 e. The second kappa shape index (κ2) is 8.01. The molecule has 2 nitrogen and oxygen atoms in total. The Morgan fingerprint density at radius 1 is 1.47 bits per heavy atom. The molecule has 0 aliphatic carbocycles. The van der Waals surface area contributed by atoms with Crippen LogP contribution in [-0.2, 0) is 10.8 Å². The van der Waals surface area contributed by atoms with Gasteiger partial charge in [0.05, 0.1) is 10.8 Å². The smallest absolute Gasteiger partial charge is 0.0529 e. The van der Waals surface area contributed by atoms with Crippen LogP contribution in [-0.4, -0.2) is 22.5 Å². The molecule has 0 fully saturated rings. The third-order valence-electron chi connectivity index (χ3n) is 2.58. The van der Waals surface area contributed by atoms with Crippen LogP contribution in [0.4, 0.5) is 0 Å². The average Bonchev–Trinajstić information content (AvgIpc) is 2.29. The molecular weight excluding hydrogens is 298 g/mol. The van der Waals surface area contributed by atoms with E-state index >= 15 is 0 Å². The molecule has 0 saturated carbocycles. The zero-order valence-corrected chi connectivity index (χ0v) is 12.8. The molecule has 4 heteroatoms. The summed E-state index contributed by atoms with van der Waals surface area (Å²) in [6, 6.07) is 8.25. The third-order valence-corrected chi connectivity index (χ3v) is 4.51. The fourth-order valence-corrected chi connectivity index (χ4v) is 3.40. The Labute approximate surface area is 115 Å². The van der Waals surface area contributed by atoms with Crippen LogP contribution in [0.3, 0.4) is 0 Å². The average molecular weight is 318 g/mol. The number of rotatable bonds is 7. The van der Waals surface area contributed by atoms with Gasteiger partial charge in [-0.25, -0.2) is 0 Å². The van der Waals surface area contributed by atoms with Crippen LogP contribution in [0.5, 0.6) is 0 Å². The number of benzene rings is 1. The fourth-order valence-electron chi connectivity index (χ4n) is 1.70. The minimum Gasteiger partial charge on any atom is -0.315 e. The number of halogens is 1. The summed E-state index contributed by atoms with van der Waals surface area (Å²) in [6.07, 6.45) is 2.07. The standard InChI is InChI=1S/C13H20BrNOS/c1-3-15-11(2)6-5-9-17(16)13-8-4-7-12(14)10-13/h4,7-8,10-11,15H,3,5-6,9H2,1-2H3. The summed E-state index contributed by atoms with van der Waals surface area (Å²) in [5.41, 5.74) is 0. The summed E-state index contributed by atoms with van der Waals surface area (Å²) in [4.78, 5) is 0.912. The van der Waals surface area contributed by atoms with Gasteiger partial charge in [-0.15, -0.1) is 0 Å². The third kappa shape index (κ3) is 5.80.